The van der Waals surface area contributed by atoms with Gasteiger partial charge in [0.2, 0.25) is 0 Å². The Balaban J connectivity index is 2.08. The molecular formula is C27H28ClFN2O4. The minimum Gasteiger partial charge on any atom is -0.464 e. The molecule has 3 aromatic rings. The Bertz CT molecular complexity index is 1270. The number of nitrogens with zero attached hydrogens (tertiary/aromatic N) is 2. The van der Waals surface area contributed by atoms with Gasteiger partial charge in [-0.05, 0) is 63.1 Å². The molecule has 1 atom stereocenters. The summed E-state index contributed by atoms with van der Waals surface area (Å²) in [7, 11) is 1.29. The van der Waals surface area contributed by atoms with Crippen LogP contribution in [0.25, 0.3) is 0 Å². The number of halogens is 2. The highest BCUT2D eigenvalue weighted by Gasteiger charge is 2.33. The number of hydrogen-bond acceptors (Lipinski definition) is 4. The van der Waals surface area contributed by atoms with E-state index in [0.29, 0.717) is 34.6 Å². The van der Waals surface area contributed by atoms with Crippen LogP contribution in [0.4, 0.5) is 4.39 Å². The van der Waals surface area contributed by atoms with Gasteiger partial charge in [0.1, 0.15) is 11.5 Å². The van der Waals surface area contributed by atoms with E-state index in [-0.39, 0.29) is 22.9 Å². The summed E-state index contributed by atoms with van der Waals surface area (Å²) in [6.45, 7) is 7.51. The highest BCUT2D eigenvalue weighted by Crippen LogP contribution is 2.27. The van der Waals surface area contributed by atoms with Gasteiger partial charge in [-0.2, -0.15) is 0 Å². The number of carbonyl (C=O) groups excluding carboxylic acids is 3. The second-order valence-corrected chi connectivity index (χ2v) is 8.66. The molecule has 6 nitrogen and oxygen atoms in total. The fraction of sp³-hybridized carbons (Fsp3) is 0.296. The zero-order chi connectivity index (χ0) is 25.9. The van der Waals surface area contributed by atoms with Crippen molar-refractivity contribution < 1.29 is 23.5 Å². The molecule has 0 saturated carbocycles. The first kappa shape index (κ1) is 26.2. The van der Waals surface area contributed by atoms with Crippen molar-refractivity contribution in [2.24, 2.45) is 0 Å². The Morgan fingerprint density at radius 2 is 1.71 bits per heavy atom. The van der Waals surface area contributed by atoms with E-state index < -0.39 is 23.7 Å². The van der Waals surface area contributed by atoms with Crippen molar-refractivity contribution in [3.8, 4) is 0 Å². The molecule has 0 aliphatic rings. The number of rotatable bonds is 8. The Morgan fingerprint density at radius 1 is 1.09 bits per heavy atom. The molecule has 0 bridgehead atoms. The van der Waals surface area contributed by atoms with Crippen LogP contribution in [0.1, 0.15) is 61.9 Å². The van der Waals surface area contributed by atoms with Gasteiger partial charge in [-0.1, -0.05) is 35.9 Å². The van der Waals surface area contributed by atoms with Crippen LogP contribution in [-0.4, -0.2) is 40.3 Å². The Labute approximate surface area is 209 Å². The summed E-state index contributed by atoms with van der Waals surface area (Å²) >= 11 is 6.30. The molecule has 35 heavy (non-hydrogen) atoms. The Kier molecular flexibility index (Phi) is 8.12. The molecule has 0 aliphatic heterocycles. The Hall–Kier alpha value is -3.45. The van der Waals surface area contributed by atoms with Crippen LogP contribution >= 0.6 is 11.6 Å². The van der Waals surface area contributed by atoms with Gasteiger partial charge < -0.3 is 14.2 Å². The third-order valence-electron chi connectivity index (χ3n) is 6.19. The molecule has 0 unspecified atom stereocenters. The lowest BCUT2D eigenvalue weighted by molar-refractivity contribution is 0.0586. The van der Waals surface area contributed by atoms with E-state index in [1.807, 2.05) is 6.92 Å². The van der Waals surface area contributed by atoms with Crippen LogP contribution in [0.15, 0.2) is 48.5 Å². The lowest BCUT2D eigenvalue weighted by atomic mass is 9.98. The van der Waals surface area contributed by atoms with Crippen molar-refractivity contribution in [2.45, 2.75) is 46.8 Å². The number of methoxy groups -OCH3 is 1. The van der Waals surface area contributed by atoms with Gasteiger partial charge in [-0.25, -0.2) is 9.18 Å². The van der Waals surface area contributed by atoms with Crippen molar-refractivity contribution in [3.63, 3.8) is 0 Å². The zero-order valence-electron chi connectivity index (χ0n) is 20.4. The summed E-state index contributed by atoms with van der Waals surface area (Å²) in [6.07, 6.45) is 0. The number of Topliss-reactive ketones (excluding diaryl/α,β-unsaturated/α-hetero) is 1. The van der Waals surface area contributed by atoms with Crippen LogP contribution in [0.5, 0.6) is 0 Å². The number of ketones is 1. The maximum absolute atomic E-state index is 13.8. The van der Waals surface area contributed by atoms with E-state index in [0.717, 1.165) is 0 Å². The van der Waals surface area contributed by atoms with Gasteiger partial charge in [0.25, 0.3) is 5.91 Å². The molecule has 0 spiro atoms. The van der Waals surface area contributed by atoms with Crippen LogP contribution in [0, 0.1) is 19.7 Å². The molecule has 2 aromatic carbocycles. The first-order valence-corrected chi connectivity index (χ1v) is 11.6. The van der Waals surface area contributed by atoms with Crippen molar-refractivity contribution in [3.05, 3.63) is 93.0 Å². The lowest BCUT2D eigenvalue weighted by Crippen LogP contribution is -2.43. The van der Waals surface area contributed by atoms with E-state index in [9.17, 15) is 18.8 Å². The van der Waals surface area contributed by atoms with E-state index in [1.165, 1.54) is 24.1 Å². The van der Waals surface area contributed by atoms with Crippen molar-refractivity contribution >= 4 is 29.3 Å². The second kappa shape index (κ2) is 10.9. The van der Waals surface area contributed by atoms with Gasteiger partial charge in [0.05, 0.1) is 23.7 Å². The molecule has 0 saturated heterocycles. The van der Waals surface area contributed by atoms with Crippen LogP contribution in [-0.2, 0) is 17.8 Å². The first-order valence-electron chi connectivity index (χ1n) is 11.2. The van der Waals surface area contributed by atoms with Crippen LogP contribution in [0.2, 0.25) is 5.02 Å². The van der Waals surface area contributed by atoms with Gasteiger partial charge in [-0.15, -0.1) is 0 Å². The van der Waals surface area contributed by atoms with E-state index in [1.54, 1.807) is 61.7 Å². The fourth-order valence-electron chi connectivity index (χ4n) is 4.32. The topological polar surface area (TPSA) is 68.6 Å². The van der Waals surface area contributed by atoms with Gasteiger partial charge >= 0.3 is 5.97 Å². The number of amides is 1. The smallest absolute Gasteiger partial charge is 0.354 e. The number of ether oxygens (including phenoxy) is 1. The maximum atomic E-state index is 13.8. The predicted octanol–water partition coefficient (Wildman–Crippen LogP) is 5.62. The molecule has 8 heteroatoms. The van der Waals surface area contributed by atoms with Gasteiger partial charge in [0, 0.05) is 24.3 Å². The standard InChI is InChI=1S/C27H28ClFN2O4/c1-6-30-17(3)23(16(2)24(30)27(34)35-5)25(32)18(4)31(15-19-11-13-20(29)14-12-19)26(33)21-9-7-8-10-22(21)28/h7-14,18H,6,15H2,1-5H3/t18-/m1/s1. The fourth-order valence-corrected chi connectivity index (χ4v) is 4.54. The summed E-state index contributed by atoms with van der Waals surface area (Å²) in [5.41, 5.74) is 2.71. The second-order valence-electron chi connectivity index (χ2n) is 8.25. The number of aromatic nitrogens is 1. The third kappa shape index (κ3) is 5.15. The summed E-state index contributed by atoms with van der Waals surface area (Å²) in [5.74, 6) is -1.68. The SMILES string of the molecule is CCn1c(C)c(C(=O)[C@@H](C)N(Cc2ccc(F)cc2)C(=O)c2ccccc2Cl)c(C)c1C(=O)OC. The van der Waals surface area contributed by atoms with Crippen LogP contribution < -0.4 is 0 Å². The van der Waals surface area contributed by atoms with E-state index in [2.05, 4.69) is 0 Å². The highest BCUT2D eigenvalue weighted by atomic mass is 35.5. The molecule has 184 valence electrons. The average Bonchev–Trinajstić information content (AvgIpc) is 3.11. The molecule has 1 heterocycles. The summed E-state index contributed by atoms with van der Waals surface area (Å²) in [4.78, 5) is 41.3. The largest absolute Gasteiger partial charge is 0.464 e. The molecule has 0 radical (unpaired) electrons. The molecule has 1 amide bonds. The quantitative estimate of drug-likeness (QED) is 0.298. The van der Waals surface area contributed by atoms with Gasteiger partial charge in [0.15, 0.2) is 5.78 Å². The van der Waals surface area contributed by atoms with Crippen LogP contribution in [0.3, 0.4) is 0 Å². The molecular weight excluding hydrogens is 471 g/mol. The van der Waals surface area contributed by atoms with Crippen molar-refractivity contribution in [1.82, 2.24) is 9.47 Å². The number of benzene rings is 2. The van der Waals surface area contributed by atoms with Crippen molar-refractivity contribution in [1.29, 1.82) is 0 Å². The molecule has 0 fully saturated rings. The molecule has 3 rings (SSSR count). The van der Waals surface area contributed by atoms with Crippen molar-refractivity contribution in [2.75, 3.05) is 7.11 Å². The molecule has 0 N–H and O–H groups in total. The highest BCUT2D eigenvalue weighted by molar-refractivity contribution is 6.33. The molecule has 1 aromatic heterocycles. The summed E-state index contributed by atoms with van der Waals surface area (Å²) in [5, 5.41) is 0.263. The lowest BCUT2D eigenvalue weighted by Gasteiger charge is -2.29. The number of hydrogen-bond donors (Lipinski definition) is 0. The summed E-state index contributed by atoms with van der Waals surface area (Å²) < 4.78 is 20.1. The number of esters is 1. The minimum absolute atomic E-state index is 0.0632. The van der Waals surface area contributed by atoms with Gasteiger partial charge in [-0.3, -0.25) is 9.59 Å². The first-order chi connectivity index (χ1) is 16.6. The monoisotopic (exact) mass is 498 g/mol. The third-order valence-corrected chi connectivity index (χ3v) is 6.52. The minimum atomic E-state index is -0.903. The predicted molar refractivity (Wildman–Crippen MR) is 132 cm³/mol. The Morgan fingerprint density at radius 3 is 2.29 bits per heavy atom. The summed E-state index contributed by atoms with van der Waals surface area (Å²) in [6, 6.07) is 11.5. The van der Waals surface area contributed by atoms with E-state index in [4.69, 9.17) is 16.3 Å². The molecule has 0 aliphatic carbocycles. The maximum Gasteiger partial charge on any atom is 0.354 e. The zero-order valence-corrected chi connectivity index (χ0v) is 21.1. The van der Waals surface area contributed by atoms with E-state index >= 15 is 0 Å². The normalized spacial score (nSPS) is 11.7. The number of carbonyl (C=O) groups is 3. The average molecular weight is 499 g/mol.